The number of carbonyl (C=O) groups is 2. The van der Waals surface area contributed by atoms with E-state index in [1.165, 1.54) is 0 Å². The Morgan fingerprint density at radius 3 is 2.64 bits per heavy atom. The van der Waals surface area contributed by atoms with Crippen LogP contribution in [0.3, 0.4) is 0 Å². The monoisotopic (exact) mass is 494 g/mol. The summed E-state index contributed by atoms with van der Waals surface area (Å²) >= 11 is 0. The molecule has 194 valence electrons. The predicted octanol–water partition coefficient (Wildman–Crippen LogP) is 2.64. The van der Waals surface area contributed by atoms with Gasteiger partial charge in [-0.1, -0.05) is 20.4 Å². The molecule has 10 nitrogen and oxygen atoms in total. The summed E-state index contributed by atoms with van der Waals surface area (Å²) < 4.78 is 1.94. The molecule has 2 aromatic rings. The zero-order valence-electron chi connectivity index (χ0n) is 22.1. The molecule has 3 heterocycles. The summed E-state index contributed by atoms with van der Waals surface area (Å²) in [5.74, 6) is 1.94. The molecular weight excluding hydrogens is 456 g/mol. The van der Waals surface area contributed by atoms with Crippen molar-refractivity contribution in [1.82, 2.24) is 29.2 Å². The Hall–Kier alpha value is -3.61. The van der Waals surface area contributed by atoms with Gasteiger partial charge in [-0.25, -0.2) is 9.97 Å². The number of fused-ring (bicyclic) bond motifs is 1. The summed E-state index contributed by atoms with van der Waals surface area (Å²) in [6, 6.07) is 4.03. The van der Waals surface area contributed by atoms with Crippen LogP contribution in [-0.2, 0) is 9.59 Å². The second-order valence-electron chi connectivity index (χ2n) is 9.64. The van der Waals surface area contributed by atoms with Gasteiger partial charge in [-0.05, 0) is 24.8 Å². The molecule has 1 saturated heterocycles. The number of nitrogens with zero attached hydrogens (tertiary/aromatic N) is 8. The van der Waals surface area contributed by atoms with Crippen molar-refractivity contribution < 1.29 is 9.59 Å². The van der Waals surface area contributed by atoms with Gasteiger partial charge in [0.2, 0.25) is 11.8 Å². The van der Waals surface area contributed by atoms with E-state index in [1.54, 1.807) is 16.1 Å². The van der Waals surface area contributed by atoms with Crippen LogP contribution in [0, 0.1) is 17.2 Å². The van der Waals surface area contributed by atoms with E-state index in [9.17, 15) is 9.59 Å². The molecule has 0 radical (unpaired) electrons. The van der Waals surface area contributed by atoms with Crippen LogP contribution in [0.1, 0.15) is 39.5 Å². The van der Waals surface area contributed by atoms with E-state index < -0.39 is 0 Å². The SMILES string of the molecule is C=C(N(C)CCN(C)C(=O)CCC)n1ccc2c(N(C)C3CN(C(=O)CC#N)CCC3C)ncnc21. The molecule has 1 fully saturated rings. The molecule has 2 amide bonds. The van der Waals surface area contributed by atoms with E-state index >= 15 is 0 Å². The molecular formula is C26H38N8O2. The third-order valence-corrected chi connectivity index (χ3v) is 7.17. The quantitative estimate of drug-likeness (QED) is 0.500. The lowest BCUT2D eigenvalue weighted by Gasteiger charge is -2.42. The first-order valence-corrected chi connectivity index (χ1v) is 12.5. The van der Waals surface area contributed by atoms with Crippen LogP contribution in [0.25, 0.3) is 16.9 Å². The number of likely N-dealkylation sites (tertiary alicyclic amines) is 1. The van der Waals surface area contributed by atoms with Crippen LogP contribution in [0.5, 0.6) is 0 Å². The third kappa shape index (κ3) is 5.78. The molecule has 0 saturated carbocycles. The highest BCUT2D eigenvalue weighted by molar-refractivity contribution is 5.89. The molecule has 2 aromatic heterocycles. The van der Waals surface area contributed by atoms with Gasteiger partial charge in [0.05, 0.1) is 17.5 Å². The molecule has 0 bridgehead atoms. The summed E-state index contributed by atoms with van der Waals surface area (Å²) in [5.41, 5.74) is 0.750. The molecule has 10 heteroatoms. The van der Waals surface area contributed by atoms with Crippen LogP contribution < -0.4 is 4.90 Å². The maximum atomic E-state index is 12.3. The second-order valence-corrected chi connectivity index (χ2v) is 9.64. The molecule has 0 aromatic carbocycles. The van der Waals surface area contributed by atoms with Crippen molar-refractivity contribution >= 4 is 34.5 Å². The van der Waals surface area contributed by atoms with E-state index in [4.69, 9.17) is 5.26 Å². The first-order chi connectivity index (χ1) is 17.2. The molecule has 0 spiro atoms. The minimum Gasteiger partial charge on any atom is -0.359 e. The van der Waals surface area contributed by atoms with Crippen LogP contribution in [0.2, 0.25) is 0 Å². The third-order valence-electron chi connectivity index (χ3n) is 7.17. The van der Waals surface area contributed by atoms with E-state index in [0.29, 0.717) is 38.5 Å². The van der Waals surface area contributed by atoms with Crippen molar-refractivity contribution in [2.75, 3.05) is 52.2 Å². The Kier molecular flexibility index (Phi) is 8.91. The Morgan fingerprint density at radius 1 is 1.22 bits per heavy atom. The fourth-order valence-corrected chi connectivity index (χ4v) is 4.69. The number of nitriles is 1. The highest BCUT2D eigenvalue weighted by Gasteiger charge is 2.32. The first-order valence-electron chi connectivity index (χ1n) is 12.5. The van der Waals surface area contributed by atoms with Crippen molar-refractivity contribution in [3.63, 3.8) is 0 Å². The van der Waals surface area contributed by atoms with Gasteiger partial charge >= 0.3 is 0 Å². The Balaban J connectivity index is 1.77. The summed E-state index contributed by atoms with van der Waals surface area (Å²) in [6.45, 7) is 11.0. The summed E-state index contributed by atoms with van der Waals surface area (Å²) in [5, 5.41) is 9.83. The molecule has 2 atom stereocenters. The molecule has 2 unspecified atom stereocenters. The predicted molar refractivity (Wildman–Crippen MR) is 141 cm³/mol. The topological polar surface area (TPSA) is 102 Å². The summed E-state index contributed by atoms with van der Waals surface area (Å²) in [7, 11) is 5.79. The number of amides is 2. The van der Waals surface area contributed by atoms with Crippen LogP contribution in [0.4, 0.5) is 5.82 Å². The fourth-order valence-electron chi connectivity index (χ4n) is 4.69. The van der Waals surface area contributed by atoms with Crippen molar-refractivity contribution in [1.29, 1.82) is 5.26 Å². The highest BCUT2D eigenvalue weighted by Crippen LogP contribution is 2.30. The molecule has 36 heavy (non-hydrogen) atoms. The van der Waals surface area contributed by atoms with Gasteiger partial charge in [-0.2, -0.15) is 5.26 Å². The van der Waals surface area contributed by atoms with Crippen LogP contribution in [0.15, 0.2) is 25.2 Å². The van der Waals surface area contributed by atoms with Crippen molar-refractivity contribution in [2.45, 2.75) is 45.6 Å². The van der Waals surface area contributed by atoms with Crippen LogP contribution in [-0.4, -0.2) is 94.4 Å². The molecule has 3 rings (SSSR count). The fraction of sp³-hybridized carbons (Fsp3) is 0.577. The minimum absolute atomic E-state index is 0.0740. The number of carbonyl (C=O) groups excluding carboxylic acids is 2. The lowest BCUT2D eigenvalue weighted by Crippen LogP contribution is -2.52. The van der Waals surface area contributed by atoms with E-state index in [2.05, 4.69) is 28.4 Å². The first kappa shape index (κ1) is 27.0. The molecule has 0 N–H and O–H groups in total. The van der Waals surface area contributed by atoms with E-state index in [0.717, 1.165) is 35.5 Å². The molecule has 1 aliphatic heterocycles. The maximum Gasteiger partial charge on any atom is 0.236 e. The van der Waals surface area contributed by atoms with Gasteiger partial charge in [0, 0.05) is 59.9 Å². The van der Waals surface area contributed by atoms with Gasteiger partial charge < -0.3 is 19.6 Å². The minimum atomic E-state index is -0.122. The normalized spacial score (nSPS) is 17.5. The number of aromatic nitrogens is 3. The van der Waals surface area contributed by atoms with Crippen molar-refractivity contribution in [2.24, 2.45) is 5.92 Å². The zero-order chi connectivity index (χ0) is 26.4. The Morgan fingerprint density at radius 2 is 1.94 bits per heavy atom. The summed E-state index contributed by atoms with van der Waals surface area (Å²) in [6.07, 6.45) is 5.67. The average molecular weight is 495 g/mol. The number of anilines is 1. The number of piperidine rings is 1. The van der Waals surface area contributed by atoms with Gasteiger partial charge in [-0.15, -0.1) is 0 Å². The van der Waals surface area contributed by atoms with Gasteiger partial charge in [-0.3, -0.25) is 14.2 Å². The number of hydrogen-bond acceptors (Lipinski definition) is 7. The van der Waals surface area contributed by atoms with Gasteiger partial charge in [0.15, 0.2) is 5.65 Å². The van der Waals surface area contributed by atoms with Crippen molar-refractivity contribution in [3.05, 3.63) is 25.2 Å². The summed E-state index contributed by atoms with van der Waals surface area (Å²) in [4.78, 5) is 41.3. The Labute approximate surface area is 213 Å². The van der Waals surface area contributed by atoms with Crippen LogP contribution >= 0.6 is 0 Å². The average Bonchev–Trinajstić information content (AvgIpc) is 3.31. The van der Waals surface area contributed by atoms with Crippen molar-refractivity contribution in [3.8, 4) is 6.07 Å². The van der Waals surface area contributed by atoms with E-state index in [-0.39, 0.29) is 24.3 Å². The number of hydrogen-bond donors (Lipinski definition) is 0. The highest BCUT2D eigenvalue weighted by atomic mass is 16.2. The maximum absolute atomic E-state index is 12.3. The zero-order valence-corrected chi connectivity index (χ0v) is 22.1. The standard InChI is InChI=1S/C26H38N8O2/c1-7-8-23(35)31(5)16-15-30(4)20(3)34-14-11-21-25(28-18-29-26(21)34)32(6)22-17-33(13-10-19(22)2)24(36)9-12-27/h11,14,18-19,22H,3,7-10,13,15-17H2,1-2,4-6H3. The lowest BCUT2D eigenvalue weighted by molar-refractivity contribution is -0.132. The molecule has 0 aliphatic carbocycles. The van der Waals surface area contributed by atoms with Gasteiger partial charge in [0.25, 0.3) is 0 Å². The Bertz CT molecular complexity index is 1140. The second kappa shape index (κ2) is 11.9. The number of likely N-dealkylation sites (N-methyl/N-ethyl adjacent to an activating group) is 3. The smallest absolute Gasteiger partial charge is 0.236 e. The largest absolute Gasteiger partial charge is 0.359 e. The van der Waals surface area contributed by atoms with Gasteiger partial charge in [0.1, 0.15) is 24.4 Å². The van der Waals surface area contributed by atoms with E-state index in [1.807, 2.05) is 55.9 Å². The number of rotatable bonds is 10. The lowest BCUT2D eigenvalue weighted by atomic mass is 9.92. The molecule has 1 aliphatic rings.